The van der Waals surface area contributed by atoms with E-state index in [-0.39, 0.29) is 18.8 Å². The maximum absolute atomic E-state index is 9.19. The third-order valence-corrected chi connectivity index (χ3v) is 4.86. The highest BCUT2D eigenvalue weighted by atomic mass is 35.5. The van der Waals surface area contributed by atoms with Gasteiger partial charge < -0.3 is 5.11 Å². The number of hydrogen-bond donors (Lipinski definition) is 3. The lowest BCUT2D eigenvalue weighted by atomic mass is 9.90. The fourth-order valence-corrected chi connectivity index (χ4v) is 3.52. The highest BCUT2D eigenvalue weighted by Crippen LogP contribution is 2.37. The van der Waals surface area contributed by atoms with Crippen LogP contribution in [0.3, 0.4) is 0 Å². The number of rotatable bonds is 7. The molecule has 1 aliphatic heterocycles. The molecule has 1 aliphatic rings. The maximum Gasteiger partial charge on any atom is 0.0970 e. The lowest BCUT2D eigenvalue weighted by Crippen LogP contribution is -2.52. The molecule has 3 rings (SSSR count). The van der Waals surface area contributed by atoms with Gasteiger partial charge in [-0.05, 0) is 35.2 Å². The van der Waals surface area contributed by atoms with Crippen LogP contribution in [0.25, 0.3) is 0 Å². The van der Waals surface area contributed by atoms with Crippen molar-refractivity contribution in [1.29, 1.82) is 0 Å². The molecule has 0 aromatic heterocycles. The second-order valence-electron chi connectivity index (χ2n) is 6.37. The van der Waals surface area contributed by atoms with Crippen molar-refractivity contribution in [3.63, 3.8) is 0 Å². The first-order valence-corrected chi connectivity index (χ1v) is 9.33. The van der Waals surface area contributed by atoms with E-state index in [1.165, 1.54) is 16.7 Å². The molecule has 2 aromatic carbocycles. The molecular weight excluding hydrogens is 334 g/mol. The number of unbranched alkanes of at least 4 members (excludes halogenated alkanes) is 1. The normalized spacial score (nSPS) is 20.4. The van der Waals surface area contributed by atoms with E-state index in [1.807, 2.05) is 12.1 Å². The number of hydrazine groups is 1. The van der Waals surface area contributed by atoms with Crippen LogP contribution in [0.2, 0.25) is 5.02 Å². The van der Waals surface area contributed by atoms with Gasteiger partial charge in [0.25, 0.3) is 0 Å². The summed E-state index contributed by atoms with van der Waals surface area (Å²) in [5, 5.41) is 15.6. The molecule has 0 saturated heterocycles. The quantitative estimate of drug-likeness (QED) is 0.706. The van der Waals surface area contributed by atoms with Crippen LogP contribution >= 0.6 is 11.6 Å². The Balaban J connectivity index is 1.99. The minimum absolute atomic E-state index is 0.00348. The molecular formula is C20H26ClN3O. The Kier molecular flexibility index (Phi) is 6.45. The number of nitrogens with zero attached hydrogens (tertiary/aromatic N) is 1. The average Bonchev–Trinajstić information content (AvgIpc) is 2.65. The van der Waals surface area contributed by atoms with Crippen molar-refractivity contribution in [2.24, 2.45) is 0 Å². The van der Waals surface area contributed by atoms with Crippen molar-refractivity contribution in [1.82, 2.24) is 15.8 Å². The first-order chi connectivity index (χ1) is 12.2. The molecule has 4 nitrogen and oxygen atoms in total. The number of aliphatic hydroxyl groups is 1. The summed E-state index contributed by atoms with van der Waals surface area (Å²) in [6.45, 7) is 3.83. The number of nitrogens with one attached hydrogen (secondary N) is 2. The van der Waals surface area contributed by atoms with Crippen LogP contribution in [0.15, 0.2) is 48.5 Å². The van der Waals surface area contributed by atoms with Crippen LogP contribution in [-0.2, 0) is 0 Å². The van der Waals surface area contributed by atoms with Crippen molar-refractivity contribution in [3.05, 3.63) is 70.2 Å². The smallest absolute Gasteiger partial charge is 0.0970 e. The third kappa shape index (κ3) is 4.22. The van der Waals surface area contributed by atoms with Crippen LogP contribution < -0.4 is 10.7 Å². The van der Waals surface area contributed by atoms with Gasteiger partial charge in [0.05, 0.1) is 18.8 Å². The average molecular weight is 360 g/mol. The Morgan fingerprint density at radius 1 is 1.12 bits per heavy atom. The van der Waals surface area contributed by atoms with Gasteiger partial charge in [-0.1, -0.05) is 61.3 Å². The zero-order chi connectivity index (χ0) is 17.6. The summed E-state index contributed by atoms with van der Waals surface area (Å²) in [6, 6.07) is 16.8. The largest absolute Gasteiger partial charge is 0.395 e. The summed E-state index contributed by atoms with van der Waals surface area (Å²) in [5.41, 5.74) is 7.36. The van der Waals surface area contributed by atoms with Crippen LogP contribution in [-0.4, -0.2) is 29.8 Å². The summed E-state index contributed by atoms with van der Waals surface area (Å²) in [6.07, 6.45) is 2.26. The standard InChI is InChI=1S/C20H26ClN3O/c1-2-3-13-24-19(15-8-10-16(21)11-9-15)17-6-4-5-7-18(17)20(23-24)22-12-14-25/h4-11,19-20,22-23,25H,2-3,12-14H2,1H3. The minimum Gasteiger partial charge on any atom is -0.395 e. The van der Waals surface area contributed by atoms with E-state index in [0.29, 0.717) is 6.54 Å². The second-order valence-corrected chi connectivity index (χ2v) is 6.81. The lowest BCUT2D eigenvalue weighted by Gasteiger charge is -2.42. The zero-order valence-electron chi connectivity index (χ0n) is 14.6. The first kappa shape index (κ1) is 18.4. The molecule has 5 heteroatoms. The number of halogens is 1. The molecule has 0 bridgehead atoms. The van der Waals surface area contributed by atoms with Crippen molar-refractivity contribution >= 4 is 11.6 Å². The molecule has 0 amide bonds. The summed E-state index contributed by atoms with van der Waals surface area (Å²) < 4.78 is 0. The molecule has 0 radical (unpaired) electrons. The maximum atomic E-state index is 9.19. The molecule has 0 saturated carbocycles. The van der Waals surface area contributed by atoms with Crippen LogP contribution in [0, 0.1) is 0 Å². The zero-order valence-corrected chi connectivity index (χ0v) is 15.3. The lowest BCUT2D eigenvalue weighted by molar-refractivity contribution is 0.0850. The van der Waals surface area contributed by atoms with Gasteiger partial charge >= 0.3 is 0 Å². The number of hydrogen-bond acceptors (Lipinski definition) is 4. The molecule has 2 atom stereocenters. The van der Waals surface area contributed by atoms with Gasteiger partial charge in [-0.25, -0.2) is 10.4 Å². The summed E-state index contributed by atoms with van der Waals surface area (Å²) in [7, 11) is 0. The Hall–Kier alpha value is -1.43. The molecule has 2 aromatic rings. The highest BCUT2D eigenvalue weighted by Gasteiger charge is 2.32. The SMILES string of the molecule is CCCCN1NC(NCCO)c2ccccc2C1c1ccc(Cl)cc1. The van der Waals surface area contributed by atoms with Gasteiger partial charge in [0.2, 0.25) is 0 Å². The van der Waals surface area contributed by atoms with Crippen molar-refractivity contribution < 1.29 is 5.11 Å². The van der Waals surface area contributed by atoms with E-state index in [9.17, 15) is 5.11 Å². The first-order valence-electron chi connectivity index (χ1n) is 8.96. The molecule has 0 fully saturated rings. The van der Waals surface area contributed by atoms with Gasteiger partial charge in [-0.15, -0.1) is 0 Å². The predicted molar refractivity (Wildman–Crippen MR) is 102 cm³/mol. The van der Waals surface area contributed by atoms with Gasteiger partial charge in [0.1, 0.15) is 0 Å². The molecule has 1 heterocycles. The van der Waals surface area contributed by atoms with Crippen molar-refractivity contribution in [3.8, 4) is 0 Å². The van der Waals surface area contributed by atoms with Gasteiger partial charge in [-0.2, -0.15) is 0 Å². The summed E-state index contributed by atoms with van der Waals surface area (Å²) in [5.74, 6) is 0. The Morgan fingerprint density at radius 2 is 1.84 bits per heavy atom. The van der Waals surface area contributed by atoms with Gasteiger partial charge in [-0.3, -0.25) is 5.32 Å². The predicted octanol–water partition coefficient (Wildman–Crippen LogP) is 3.63. The van der Waals surface area contributed by atoms with Crippen LogP contribution in [0.4, 0.5) is 0 Å². The van der Waals surface area contributed by atoms with E-state index in [0.717, 1.165) is 24.4 Å². The molecule has 3 N–H and O–H groups in total. The molecule has 25 heavy (non-hydrogen) atoms. The fourth-order valence-electron chi connectivity index (χ4n) is 3.39. The number of fused-ring (bicyclic) bond motifs is 1. The molecule has 0 aliphatic carbocycles. The minimum atomic E-state index is 0.00348. The topological polar surface area (TPSA) is 47.5 Å². The number of aliphatic hydroxyl groups excluding tert-OH is 1. The molecule has 2 unspecified atom stereocenters. The van der Waals surface area contributed by atoms with E-state index < -0.39 is 0 Å². The van der Waals surface area contributed by atoms with Crippen LogP contribution in [0.5, 0.6) is 0 Å². The highest BCUT2D eigenvalue weighted by molar-refractivity contribution is 6.30. The molecule has 134 valence electrons. The fraction of sp³-hybridized carbons (Fsp3) is 0.400. The Morgan fingerprint density at radius 3 is 2.52 bits per heavy atom. The van der Waals surface area contributed by atoms with Crippen molar-refractivity contribution in [2.75, 3.05) is 19.7 Å². The Labute approximate surface area is 154 Å². The van der Waals surface area contributed by atoms with Gasteiger partial charge in [0, 0.05) is 18.1 Å². The van der Waals surface area contributed by atoms with E-state index in [2.05, 4.69) is 59.1 Å². The van der Waals surface area contributed by atoms with Crippen molar-refractivity contribution in [2.45, 2.75) is 32.0 Å². The monoisotopic (exact) mass is 359 g/mol. The Bertz CT molecular complexity index is 677. The van der Waals surface area contributed by atoms with E-state index in [1.54, 1.807) is 0 Å². The van der Waals surface area contributed by atoms with Crippen LogP contribution in [0.1, 0.15) is 48.7 Å². The summed E-state index contributed by atoms with van der Waals surface area (Å²) >= 11 is 6.09. The summed E-state index contributed by atoms with van der Waals surface area (Å²) in [4.78, 5) is 0. The molecule has 0 spiro atoms. The van der Waals surface area contributed by atoms with E-state index >= 15 is 0 Å². The van der Waals surface area contributed by atoms with Gasteiger partial charge in [0.15, 0.2) is 0 Å². The number of benzene rings is 2. The van der Waals surface area contributed by atoms with E-state index in [4.69, 9.17) is 11.6 Å². The second kappa shape index (κ2) is 8.79. The third-order valence-electron chi connectivity index (χ3n) is 4.61.